The molecule has 1 heterocycles. The van der Waals surface area contributed by atoms with Gasteiger partial charge in [-0.15, -0.1) is 0 Å². The third kappa shape index (κ3) is 3.18. The highest BCUT2D eigenvalue weighted by Gasteiger charge is 2.20. The van der Waals surface area contributed by atoms with Crippen LogP contribution in [0.25, 0.3) is 11.0 Å². The average Bonchev–Trinajstić information content (AvgIpc) is 3.03. The van der Waals surface area contributed by atoms with Gasteiger partial charge in [-0.1, -0.05) is 30.3 Å². The van der Waals surface area contributed by atoms with E-state index in [-0.39, 0.29) is 12.5 Å². The maximum absolute atomic E-state index is 12.2. The van der Waals surface area contributed by atoms with Crippen molar-refractivity contribution in [2.45, 2.75) is 5.92 Å². The Hall–Kier alpha value is -3.22. The lowest BCUT2D eigenvalue weighted by Gasteiger charge is -2.13. The van der Waals surface area contributed by atoms with Gasteiger partial charge in [-0.25, -0.2) is 0 Å². The van der Waals surface area contributed by atoms with Crippen LogP contribution in [0, 0.1) is 0 Å². The molecule has 0 radical (unpaired) electrons. The summed E-state index contributed by atoms with van der Waals surface area (Å²) < 4.78 is 0. The first-order valence-corrected chi connectivity index (χ1v) is 7.01. The Bertz CT molecular complexity index is 845. The molecule has 2 aromatic carbocycles. The van der Waals surface area contributed by atoms with Gasteiger partial charge in [0, 0.05) is 12.1 Å². The first-order chi connectivity index (χ1) is 11.1. The van der Waals surface area contributed by atoms with E-state index in [1.807, 2.05) is 6.07 Å². The number of fused-ring (bicyclic) bond motifs is 1. The van der Waals surface area contributed by atoms with Crippen molar-refractivity contribution < 1.29 is 14.7 Å². The number of hydrogen-bond donors (Lipinski definition) is 3. The molecule has 3 rings (SSSR count). The molecule has 1 amide bonds. The van der Waals surface area contributed by atoms with Gasteiger partial charge in [-0.3, -0.25) is 9.59 Å². The van der Waals surface area contributed by atoms with E-state index in [0.29, 0.717) is 22.2 Å². The van der Waals surface area contributed by atoms with E-state index in [9.17, 15) is 14.7 Å². The summed E-state index contributed by atoms with van der Waals surface area (Å²) in [5, 5.41) is 22.3. The van der Waals surface area contributed by atoms with E-state index in [4.69, 9.17) is 0 Å². The number of carboxylic acid groups (broad SMARTS) is 1. The third-order valence-corrected chi connectivity index (χ3v) is 3.55. The SMILES string of the molecule is O=C(NCC(C(=O)O)c1ccccc1)c1ccc2n[nH]nc2c1. The van der Waals surface area contributed by atoms with Crippen LogP contribution in [0.2, 0.25) is 0 Å². The standard InChI is InChI=1S/C16H14N4O3/c21-15(11-6-7-13-14(8-11)19-20-18-13)17-9-12(16(22)23)10-4-2-1-3-5-10/h1-8,12H,9H2,(H,17,21)(H,22,23)(H,18,19,20). The van der Waals surface area contributed by atoms with Gasteiger partial charge >= 0.3 is 5.97 Å². The molecule has 0 saturated heterocycles. The highest BCUT2D eigenvalue weighted by molar-refractivity contribution is 5.97. The summed E-state index contributed by atoms with van der Waals surface area (Å²) in [6.07, 6.45) is 0. The lowest BCUT2D eigenvalue weighted by atomic mass is 9.99. The van der Waals surface area contributed by atoms with Crippen molar-refractivity contribution in [3.63, 3.8) is 0 Å². The van der Waals surface area contributed by atoms with E-state index >= 15 is 0 Å². The number of rotatable bonds is 5. The fraction of sp³-hybridized carbons (Fsp3) is 0.125. The second-order valence-electron chi connectivity index (χ2n) is 5.04. The van der Waals surface area contributed by atoms with Gasteiger partial charge in [0.05, 0.1) is 5.92 Å². The summed E-state index contributed by atoms with van der Waals surface area (Å²) in [4.78, 5) is 23.6. The summed E-state index contributed by atoms with van der Waals surface area (Å²) in [6, 6.07) is 13.7. The molecule has 0 aliphatic carbocycles. The molecule has 1 atom stereocenters. The number of H-pyrrole nitrogens is 1. The molecular formula is C16H14N4O3. The van der Waals surface area contributed by atoms with Crippen molar-refractivity contribution in [3.8, 4) is 0 Å². The van der Waals surface area contributed by atoms with Gasteiger partial charge in [0.1, 0.15) is 11.0 Å². The summed E-state index contributed by atoms with van der Waals surface area (Å²) in [5.74, 6) is -2.13. The lowest BCUT2D eigenvalue weighted by molar-refractivity contribution is -0.138. The van der Waals surface area contributed by atoms with E-state index in [2.05, 4.69) is 20.7 Å². The molecule has 23 heavy (non-hydrogen) atoms. The molecule has 7 heteroatoms. The minimum absolute atomic E-state index is 0.00896. The predicted octanol–water partition coefficient (Wildman–Crippen LogP) is 1.56. The number of carbonyl (C=O) groups excluding carboxylic acids is 1. The number of aromatic nitrogens is 3. The van der Waals surface area contributed by atoms with Crippen LogP contribution >= 0.6 is 0 Å². The minimum Gasteiger partial charge on any atom is -0.481 e. The average molecular weight is 310 g/mol. The number of aromatic amines is 1. The van der Waals surface area contributed by atoms with Gasteiger partial charge < -0.3 is 10.4 Å². The highest BCUT2D eigenvalue weighted by Crippen LogP contribution is 2.15. The van der Waals surface area contributed by atoms with Crippen LogP contribution in [0.5, 0.6) is 0 Å². The Morgan fingerprint density at radius 1 is 1.09 bits per heavy atom. The number of amides is 1. The normalized spacial score (nSPS) is 12.0. The maximum atomic E-state index is 12.2. The molecule has 0 saturated carbocycles. The molecule has 1 aromatic heterocycles. The largest absolute Gasteiger partial charge is 0.481 e. The topological polar surface area (TPSA) is 108 Å². The molecule has 0 aliphatic rings. The zero-order chi connectivity index (χ0) is 16.2. The second-order valence-corrected chi connectivity index (χ2v) is 5.04. The van der Waals surface area contributed by atoms with E-state index in [1.165, 1.54) is 0 Å². The quantitative estimate of drug-likeness (QED) is 0.662. The summed E-state index contributed by atoms with van der Waals surface area (Å²) in [5.41, 5.74) is 2.29. The smallest absolute Gasteiger partial charge is 0.312 e. The first-order valence-electron chi connectivity index (χ1n) is 7.01. The molecule has 0 fully saturated rings. The van der Waals surface area contributed by atoms with Crippen molar-refractivity contribution >= 4 is 22.9 Å². The molecule has 0 spiro atoms. The van der Waals surface area contributed by atoms with Crippen LogP contribution in [0.4, 0.5) is 0 Å². The van der Waals surface area contributed by atoms with Crippen LogP contribution in [0.15, 0.2) is 48.5 Å². The molecule has 3 N–H and O–H groups in total. The first kappa shape index (κ1) is 14.7. The number of nitrogens with zero attached hydrogens (tertiary/aromatic N) is 2. The van der Waals surface area contributed by atoms with Gasteiger partial charge in [0.2, 0.25) is 0 Å². The monoisotopic (exact) mass is 310 g/mol. The number of hydrogen-bond acceptors (Lipinski definition) is 4. The highest BCUT2D eigenvalue weighted by atomic mass is 16.4. The Morgan fingerprint density at radius 3 is 2.57 bits per heavy atom. The maximum Gasteiger partial charge on any atom is 0.312 e. The molecule has 0 bridgehead atoms. The van der Waals surface area contributed by atoms with Crippen LogP contribution in [-0.4, -0.2) is 38.9 Å². The summed E-state index contributed by atoms with van der Waals surface area (Å²) in [6.45, 7) is 0.00896. The molecular weight excluding hydrogens is 296 g/mol. The zero-order valence-electron chi connectivity index (χ0n) is 12.1. The van der Waals surface area contributed by atoms with E-state index < -0.39 is 11.9 Å². The number of aliphatic carboxylic acids is 1. The van der Waals surface area contributed by atoms with Gasteiger partial charge in [0.25, 0.3) is 5.91 Å². The lowest BCUT2D eigenvalue weighted by Crippen LogP contribution is -2.31. The fourth-order valence-corrected chi connectivity index (χ4v) is 2.31. The third-order valence-electron chi connectivity index (χ3n) is 3.55. The van der Waals surface area contributed by atoms with Gasteiger partial charge in [0.15, 0.2) is 0 Å². The van der Waals surface area contributed by atoms with Crippen molar-refractivity contribution in [1.29, 1.82) is 0 Å². The van der Waals surface area contributed by atoms with Crippen LogP contribution in [0.3, 0.4) is 0 Å². The van der Waals surface area contributed by atoms with Gasteiger partial charge in [-0.2, -0.15) is 15.4 Å². The Balaban J connectivity index is 1.72. The molecule has 7 nitrogen and oxygen atoms in total. The van der Waals surface area contributed by atoms with E-state index in [1.54, 1.807) is 42.5 Å². The van der Waals surface area contributed by atoms with Crippen molar-refractivity contribution in [1.82, 2.24) is 20.7 Å². The van der Waals surface area contributed by atoms with Gasteiger partial charge in [-0.05, 0) is 23.8 Å². The molecule has 3 aromatic rings. The summed E-state index contributed by atoms with van der Waals surface area (Å²) >= 11 is 0. The Kier molecular flexibility index (Phi) is 4.01. The number of benzene rings is 2. The number of nitrogens with one attached hydrogen (secondary N) is 2. The predicted molar refractivity (Wildman–Crippen MR) is 83.0 cm³/mol. The second kappa shape index (κ2) is 6.27. The van der Waals surface area contributed by atoms with Crippen LogP contribution in [-0.2, 0) is 4.79 Å². The van der Waals surface area contributed by atoms with Crippen molar-refractivity contribution in [2.24, 2.45) is 0 Å². The zero-order valence-corrected chi connectivity index (χ0v) is 12.1. The minimum atomic E-state index is -0.983. The van der Waals surface area contributed by atoms with Crippen molar-refractivity contribution in [3.05, 3.63) is 59.7 Å². The van der Waals surface area contributed by atoms with Crippen LogP contribution in [0.1, 0.15) is 21.8 Å². The number of carbonyl (C=O) groups is 2. The molecule has 0 aliphatic heterocycles. The fourth-order valence-electron chi connectivity index (χ4n) is 2.31. The molecule has 116 valence electrons. The number of carboxylic acids is 1. The van der Waals surface area contributed by atoms with Crippen molar-refractivity contribution in [2.75, 3.05) is 6.54 Å². The Morgan fingerprint density at radius 2 is 1.83 bits per heavy atom. The Labute approximate surface area is 131 Å². The summed E-state index contributed by atoms with van der Waals surface area (Å²) in [7, 11) is 0. The molecule has 1 unspecified atom stereocenters. The van der Waals surface area contributed by atoms with Crippen LogP contribution < -0.4 is 5.32 Å². The van der Waals surface area contributed by atoms with E-state index in [0.717, 1.165) is 0 Å².